The van der Waals surface area contributed by atoms with Crippen LogP contribution in [-0.4, -0.2) is 14.2 Å². The fourth-order valence-electron chi connectivity index (χ4n) is 2.47. The molecule has 1 atom stereocenters. The number of hydrogen-bond donors (Lipinski definition) is 1. The van der Waals surface area contributed by atoms with Crippen molar-refractivity contribution in [1.29, 1.82) is 0 Å². The molecule has 0 aliphatic carbocycles. The summed E-state index contributed by atoms with van der Waals surface area (Å²) in [6.45, 7) is 0. The van der Waals surface area contributed by atoms with Gasteiger partial charge >= 0.3 is 0 Å². The molecule has 21 heavy (non-hydrogen) atoms. The first-order valence-corrected chi connectivity index (χ1v) is 7.56. The maximum absolute atomic E-state index is 6.45. The molecule has 1 aromatic heterocycles. The topological polar surface area (TPSA) is 44.5 Å². The van der Waals surface area contributed by atoms with Gasteiger partial charge in [-0.15, -0.1) is 11.3 Å². The molecule has 0 radical (unpaired) electrons. The lowest BCUT2D eigenvalue weighted by Gasteiger charge is -2.15. The van der Waals surface area contributed by atoms with Crippen LogP contribution in [-0.2, 0) is 0 Å². The van der Waals surface area contributed by atoms with E-state index in [1.54, 1.807) is 25.6 Å². The highest BCUT2D eigenvalue weighted by atomic mass is 32.1. The Bertz CT molecular complexity index is 766. The highest BCUT2D eigenvalue weighted by molar-refractivity contribution is 7.17. The van der Waals surface area contributed by atoms with Crippen LogP contribution in [0, 0.1) is 0 Å². The van der Waals surface area contributed by atoms with Crippen LogP contribution in [0.1, 0.15) is 17.2 Å². The van der Waals surface area contributed by atoms with Crippen molar-refractivity contribution in [2.45, 2.75) is 6.04 Å². The largest absolute Gasteiger partial charge is 0.493 e. The number of hydrogen-bond acceptors (Lipinski definition) is 4. The number of ether oxygens (including phenoxy) is 2. The summed E-state index contributed by atoms with van der Waals surface area (Å²) in [5, 5.41) is 3.34. The van der Waals surface area contributed by atoms with Crippen LogP contribution in [0.2, 0.25) is 0 Å². The van der Waals surface area contributed by atoms with Crippen molar-refractivity contribution in [2.24, 2.45) is 5.73 Å². The minimum absolute atomic E-state index is 0.180. The molecule has 0 spiro atoms. The molecule has 3 aromatic rings. The summed E-state index contributed by atoms with van der Waals surface area (Å²) in [5.74, 6) is 1.41. The Morgan fingerprint density at radius 1 is 1.00 bits per heavy atom. The van der Waals surface area contributed by atoms with Crippen molar-refractivity contribution in [1.82, 2.24) is 0 Å². The van der Waals surface area contributed by atoms with Gasteiger partial charge in [-0.25, -0.2) is 0 Å². The summed E-state index contributed by atoms with van der Waals surface area (Å²) in [7, 11) is 3.26. The molecule has 0 saturated heterocycles. The number of benzene rings is 2. The zero-order valence-electron chi connectivity index (χ0n) is 12.0. The van der Waals surface area contributed by atoms with Crippen molar-refractivity contribution in [3.8, 4) is 11.5 Å². The van der Waals surface area contributed by atoms with E-state index in [1.165, 1.54) is 10.1 Å². The molecule has 0 fully saturated rings. The molecule has 108 valence electrons. The van der Waals surface area contributed by atoms with Crippen molar-refractivity contribution in [3.05, 3.63) is 59.0 Å². The SMILES string of the molecule is COc1ccc(C(N)c2csc3ccccc23)cc1OC. The van der Waals surface area contributed by atoms with Gasteiger partial charge < -0.3 is 15.2 Å². The third-order valence-electron chi connectivity index (χ3n) is 3.61. The van der Waals surface area contributed by atoms with Crippen LogP contribution >= 0.6 is 11.3 Å². The first-order chi connectivity index (χ1) is 10.2. The Labute approximate surface area is 127 Å². The van der Waals surface area contributed by atoms with Crippen LogP contribution in [0.15, 0.2) is 47.8 Å². The van der Waals surface area contributed by atoms with E-state index in [4.69, 9.17) is 15.2 Å². The standard InChI is InChI=1S/C17H17NO2S/c1-19-14-8-7-11(9-15(14)20-2)17(18)13-10-21-16-6-4-3-5-12(13)16/h3-10,17H,18H2,1-2H3. The van der Waals surface area contributed by atoms with Gasteiger partial charge in [0.2, 0.25) is 0 Å². The van der Waals surface area contributed by atoms with Crippen LogP contribution < -0.4 is 15.2 Å². The number of thiophene rings is 1. The summed E-state index contributed by atoms with van der Waals surface area (Å²) in [5.41, 5.74) is 8.60. The monoisotopic (exact) mass is 299 g/mol. The average Bonchev–Trinajstić information content (AvgIpc) is 2.97. The van der Waals surface area contributed by atoms with E-state index in [0.717, 1.165) is 11.1 Å². The molecule has 2 N–H and O–H groups in total. The zero-order chi connectivity index (χ0) is 14.8. The second-order valence-electron chi connectivity index (χ2n) is 4.78. The van der Waals surface area contributed by atoms with E-state index >= 15 is 0 Å². The second kappa shape index (κ2) is 5.76. The lowest BCUT2D eigenvalue weighted by atomic mass is 9.98. The average molecular weight is 299 g/mol. The van der Waals surface area contributed by atoms with E-state index in [0.29, 0.717) is 11.5 Å². The summed E-state index contributed by atoms with van der Waals surface area (Å²) in [4.78, 5) is 0. The van der Waals surface area contributed by atoms with Crippen LogP contribution in [0.4, 0.5) is 0 Å². The molecule has 0 amide bonds. The van der Waals surface area contributed by atoms with Crippen molar-refractivity contribution >= 4 is 21.4 Å². The van der Waals surface area contributed by atoms with Gasteiger partial charge in [0.25, 0.3) is 0 Å². The van der Waals surface area contributed by atoms with Gasteiger partial charge in [-0.05, 0) is 40.1 Å². The zero-order valence-corrected chi connectivity index (χ0v) is 12.8. The summed E-state index contributed by atoms with van der Waals surface area (Å²) >= 11 is 1.72. The Hall–Kier alpha value is -2.04. The summed E-state index contributed by atoms with van der Waals surface area (Å²) < 4.78 is 11.9. The van der Waals surface area contributed by atoms with Crippen LogP contribution in [0.3, 0.4) is 0 Å². The molecule has 0 bridgehead atoms. The first kappa shape index (κ1) is 13.9. The summed E-state index contributed by atoms with van der Waals surface area (Å²) in [6, 6.07) is 14.0. The fraction of sp³-hybridized carbons (Fsp3) is 0.176. The van der Waals surface area contributed by atoms with Crippen molar-refractivity contribution in [2.75, 3.05) is 14.2 Å². The Morgan fingerprint density at radius 3 is 2.52 bits per heavy atom. The van der Waals surface area contributed by atoms with Gasteiger partial charge in [0, 0.05) is 4.70 Å². The predicted molar refractivity (Wildman–Crippen MR) is 87.4 cm³/mol. The first-order valence-electron chi connectivity index (χ1n) is 6.68. The molecular weight excluding hydrogens is 282 g/mol. The normalized spacial score (nSPS) is 12.3. The molecule has 3 rings (SSSR count). The quantitative estimate of drug-likeness (QED) is 0.793. The lowest BCUT2D eigenvalue weighted by Crippen LogP contribution is -2.11. The van der Waals surface area contributed by atoms with E-state index in [9.17, 15) is 0 Å². The maximum atomic E-state index is 6.45. The molecule has 1 unspecified atom stereocenters. The summed E-state index contributed by atoms with van der Waals surface area (Å²) in [6.07, 6.45) is 0. The highest BCUT2D eigenvalue weighted by Gasteiger charge is 2.15. The highest BCUT2D eigenvalue weighted by Crippen LogP contribution is 2.35. The van der Waals surface area contributed by atoms with E-state index in [-0.39, 0.29) is 6.04 Å². The minimum atomic E-state index is -0.180. The van der Waals surface area contributed by atoms with E-state index in [1.807, 2.05) is 30.3 Å². The van der Waals surface area contributed by atoms with Crippen molar-refractivity contribution in [3.63, 3.8) is 0 Å². The van der Waals surface area contributed by atoms with Crippen LogP contribution in [0.25, 0.3) is 10.1 Å². The third kappa shape index (κ3) is 2.48. The molecule has 0 aliphatic rings. The van der Waals surface area contributed by atoms with E-state index in [2.05, 4.69) is 17.5 Å². The number of methoxy groups -OCH3 is 2. The van der Waals surface area contributed by atoms with E-state index < -0.39 is 0 Å². The van der Waals surface area contributed by atoms with Gasteiger partial charge in [0.1, 0.15) is 0 Å². The van der Waals surface area contributed by atoms with Gasteiger partial charge in [0.15, 0.2) is 11.5 Å². The van der Waals surface area contributed by atoms with Gasteiger partial charge in [0.05, 0.1) is 20.3 Å². The predicted octanol–water partition coefficient (Wildman–Crippen LogP) is 3.97. The molecular formula is C17H17NO2S. The third-order valence-corrected chi connectivity index (χ3v) is 4.59. The molecule has 1 heterocycles. The molecule has 4 heteroatoms. The number of rotatable bonds is 4. The smallest absolute Gasteiger partial charge is 0.161 e. The molecule has 0 saturated carbocycles. The maximum Gasteiger partial charge on any atom is 0.161 e. The van der Waals surface area contributed by atoms with Gasteiger partial charge in [-0.2, -0.15) is 0 Å². The molecule has 2 aromatic carbocycles. The Morgan fingerprint density at radius 2 is 1.76 bits per heavy atom. The Balaban J connectivity index is 2.04. The minimum Gasteiger partial charge on any atom is -0.493 e. The van der Waals surface area contributed by atoms with Crippen molar-refractivity contribution < 1.29 is 9.47 Å². The Kier molecular flexibility index (Phi) is 3.82. The van der Waals surface area contributed by atoms with Gasteiger partial charge in [-0.3, -0.25) is 0 Å². The second-order valence-corrected chi connectivity index (χ2v) is 5.69. The lowest BCUT2D eigenvalue weighted by molar-refractivity contribution is 0.354. The number of fused-ring (bicyclic) bond motifs is 1. The molecule has 3 nitrogen and oxygen atoms in total. The fourth-order valence-corrected chi connectivity index (χ4v) is 3.46. The number of nitrogens with two attached hydrogens (primary N) is 1. The molecule has 0 aliphatic heterocycles. The van der Waals surface area contributed by atoms with Gasteiger partial charge in [-0.1, -0.05) is 24.3 Å². The van der Waals surface area contributed by atoms with Crippen LogP contribution in [0.5, 0.6) is 11.5 Å².